The molecule has 4 nitrogen and oxygen atoms in total. The Morgan fingerprint density at radius 1 is 0.952 bits per heavy atom. The summed E-state index contributed by atoms with van der Waals surface area (Å²) in [5.74, 6) is -0.356. The van der Waals surface area contributed by atoms with Crippen LogP contribution in [-0.2, 0) is 0 Å². The summed E-state index contributed by atoms with van der Waals surface area (Å²) >= 11 is 0. The molecule has 0 aliphatic heterocycles. The number of rotatable bonds is 6. The number of ketones is 2. The Morgan fingerprint density at radius 3 is 2.14 bits per heavy atom. The number of carbonyl (C=O) groups excluding carboxylic acids is 2. The molecule has 2 aromatic rings. The van der Waals surface area contributed by atoms with Gasteiger partial charge >= 0.3 is 0 Å². The number of para-hydroxylation sites is 1. The first-order valence-corrected chi connectivity index (χ1v) is 6.78. The molecule has 0 aliphatic carbocycles. The molecular formula is C17H18N2O2. The third-order valence-corrected chi connectivity index (χ3v) is 3.30. The Balaban J connectivity index is 2.14. The number of Topliss-reactive ketones (excluding diaryl/α,β-unsaturated/α-hetero) is 2. The molecule has 0 fully saturated rings. The quantitative estimate of drug-likeness (QED) is 0.798. The SMILES string of the molecule is Cc1ccccc1NCC(=O)c1ccccc1C(=O)CN. The highest BCUT2D eigenvalue weighted by molar-refractivity contribution is 6.10. The van der Waals surface area contributed by atoms with Crippen molar-refractivity contribution in [3.8, 4) is 0 Å². The van der Waals surface area contributed by atoms with E-state index in [1.165, 1.54) is 0 Å². The van der Waals surface area contributed by atoms with Crippen molar-refractivity contribution < 1.29 is 9.59 Å². The molecule has 0 spiro atoms. The van der Waals surface area contributed by atoms with Gasteiger partial charge in [-0.25, -0.2) is 0 Å². The molecule has 0 atom stereocenters. The van der Waals surface area contributed by atoms with Crippen molar-refractivity contribution in [1.29, 1.82) is 0 Å². The van der Waals surface area contributed by atoms with E-state index in [0.29, 0.717) is 11.1 Å². The predicted molar refractivity (Wildman–Crippen MR) is 83.8 cm³/mol. The molecule has 21 heavy (non-hydrogen) atoms. The van der Waals surface area contributed by atoms with Gasteiger partial charge in [-0.1, -0.05) is 42.5 Å². The third kappa shape index (κ3) is 3.55. The van der Waals surface area contributed by atoms with E-state index in [2.05, 4.69) is 5.32 Å². The van der Waals surface area contributed by atoms with Crippen LogP contribution in [0, 0.1) is 6.92 Å². The fraction of sp³-hybridized carbons (Fsp3) is 0.176. The molecule has 0 saturated carbocycles. The van der Waals surface area contributed by atoms with E-state index in [-0.39, 0.29) is 24.7 Å². The van der Waals surface area contributed by atoms with Gasteiger partial charge in [0.1, 0.15) is 0 Å². The van der Waals surface area contributed by atoms with Gasteiger partial charge in [0.15, 0.2) is 11.6 Å². The van der Waals surface area contributed by atoms with E-state index >= 15 is 0 Å². The lowest BCUT2D eigenvalue weighted by Crippen LogP contribution is -2.21. The van der Waals surface area contributed by atoms with Gasteiger partial charge in [-0.2, -0.15) is 0 Å². The largest absolute Gasteiger partial charge is 0.377 e. The van der Waals surface area contributed by atoms with Gasteiger partial charge in [-0.05, 0) is 18.6 Å². The molecule has 0 amide bonds. The second kappa shape index (κ2) is 6.81. The third-order valence-electron chi connectivity index (χ3n) is 3.30. The van der Waals surface area contributed by atoms with Crippen LogP contribution in [0.25, 0.3) is 0 Å². The summed E-state index contributed by atoms with van der Waals surface area (Å²) in [5.41, 5.74) is 8.16. The lowest BCUT2D eigenvalue weighted by atomic mass is 10.00. The molecule has 4 heteroatoms. The Kier molecular flexibility index (Phi) is 4.85. The number of hydrogen-bond acceptors (Lipinski definition) is 4. The highest BCUT2D eigenvalue weighted by Gasteiger charge is 2.15. The summed E-state index contributed by atoms with van der Waals surface area (Å²) in [5, 5.41) is 3.10. The van der Waals surface area contributed by atoms with Gasteiger partial charge < -0.3 is 11.1 Å². The maximum Gasteiger partial charge on any atom is 0.182 e. The van der Waals surface area contributed by atoms with E-state index in [0.717, 1.165) is 11.3 Å². The Morgan fingerprint density at radius 2 is 1.52 bits per heavy atom. The average molecular weight is 282 g/mol. The summed E-state index contributed by atoms with van der Waals surface area (Å²) in [6.07, 6.45) is 0. The minimum atomic E-state index is -0.227. The van der Waals surface area contributed by atoms with Crippen molar-refractivity contribution in [2.45, 2.75) is 6.92 Å². The lowest BCUT2D eigenvalue weighted by Gasteiger charge is -2.10. The van der Waals surface area contributed by atoms with Crippen LogP contribution in [-0.4, -0.2) is 24.7 Å². The normalized spacial score (nSPS) is 10.2. The van der Waals surface area contributed by atoms with E-state index in [1.54, 1.807) is 24.3 Å². The molecular weight excluding hydrogens is 264 g/mol. The van der Waals surface area contributed by atoms with Crippen molar-refractivity contribution in [3.63, 3.8) is 0 Å². The molecule has 2 aromatic carbocycles. The van der Waals surface area contributed by atoms with Gasteiger partial charge in [-0.15, -0.1) is 0 Å². The minimum absolute atomic E-state index is 0.102. The second-order valence-electron chi connectivity index (χ2n) is 4.76. The number of nitrogens with one attached hydrogen (secondary N) is 1. The van der Waals surface area contributed by atoms with Crippen LogP contribution in [0.4, 0.5) is 5.69 Å². The van der Waals surface area contributed by atoms with Crippen LogP contribution in [0.3, 0.4) is 0 Å². The van der Waals surface area contributed by atoms with Gasteiger partial charge in [0.2, 0.25) is 0 Å². The van der Waals surface area contributed by atoms with Crippen LogP contribution in [0.5, 0.6) is 0 Å². The van der Waals surface area contributed by atoms with Crippen molar-refractivity contribution in [2.24, 2.45) is 5.73 Å². The highest BCUT2D eigenvalue weighted by atomic mass is 16.1. The molecule has 0 unspecified atom stereocenters. The standard InChI is InChI=1S/C17H18N2O2/c1-12-6-2-5-9-15(12)19-11-17(21)14-8-4-3-7-13(14)16(20)10-18/h2-9,19H,10-11,18H2,1H3. The van der Waals surface area contributed by atoms with Gasteiger partial charge in [0.05, 0.1) is 13.1 Å². The van der Waals surface area contributed by atoms with Gasteiger partial charge in [0.25, 0.3) is 0 Å². The fourth-order valence-electron chi connectivity index (χ4n) is 2.12. The monoisotopic (exact) mass is 282 g/mol. The first-order valence-electron chi connectivity index (χ1n) is 6.78. The molecule has 0 heterocycles. The van der Waals surface area contributed by atoms with Crippen molar-refractivity contribution in [2.75, 3.05) is 18.4 Å². The molecule has 2 rings (SSSR count). The Labute approximate surface area is 124 Å². The number of anilines is 1. The number of benzene rings is 2. The number of aryl methyl sites for hydroxylation is 1. The summed E-state index contributed by atoms with van der Waals surface area (Å²) in [4.78, 5) is 24.1. The zero-order chi connectivity index (χ0) is 15.2. The summed E-state index contributed by atoms with van der Waals surface area (Å²) in [6.45, 7) is 2.01. The summed E-state index contributed by atoms with van der Waals surface area (Å²) in [7, 11) is 0. The number of nitrogens with two attached hydrogens (primary N) is 1. The van der Waals surface area contributed by atoms with Gasteiger partial charge in [-0.3, -0.25) is 9.59 Å². The Hall–Kier alpha value is -2.46. The average Bonchev–Trinajstić information content (AvgIpc) is 2.53. The van der Waals surface area contributed by atoms with Crippen LogP contribution >= 0.6 is 0 Å². The molecule has 3 N–H and O–H groups in total. The van der Waals surface area contributed by atoms with Crippen LogP contribution < -0.4 is 11.1 Å². The molecule has 0 aliphatic rings. The molecule has 0 radical (unpaired) electrons. The first kappa shape index (κ1) is 14.9. The molecule has 0 aromatic heterocycles. The topological polar surface area (TPSA) is 72.2 Å². The first-order chi connectivity index (χ1) is 10.1. The van der Waals surface area contributed by atoms with Crippen LogP contribution in [0.2, 0.25) is 0 Å². The molecule has 108 valence electrons. The second-order valence-corrected chi connectivity index (χ2v) is 4.76. The van der Waals surface area contributed by atoms with Gasteiger partial charge in [0, 0.05) is 16.8 Å². The summed E-state index contributed by atoms with van der Waals surface area (Å²) < 4.78 is 0. The molecule has 0 bridgehead atoms. The minimum Gasteiger partial charge on any atom is -0.377 e. The maximum atomic E-state index is 12.3. The van der Waals surface area contributed by atoms with Crippen LogP contribution in [0.1, 0.15) is 26.3 Å². The van der Waals surface area contributed by atoms with Crippen molar-refractivity contribution >= 4 is 17.3 Å². The highest BCUT2D eigenvalue weighted by Crippen LogP contribution is 2.14. The van der Waals surface area contributed by atoms with E-state index in [9.17, 15) is 9.59 Å². The lowest BCUT2D eigenvalue weighted by molar-refractivity contribution is 0.0971. The summed E-state index contributed by atoms with van der Waals surface area (Å²) in [6, 6.07) is 14.5. The predicted octanol–water partition coefficient (Wildman–Crippen LogP) is 2.43. The van der Waals surface area contributed by atoms with E-state index in [1.807, 2.05) is 31.2 Å². The number of carbonyl (C=O) groups is 2. The Bertz CT molecular complexity index is 665. The van der Waals surface area contributed by atoms with Crippen molar-refractivity contribution in [3.05, 3.63) is 65.2 Å². The smallest absolute Gasteiger partial charge is 0.182 e. The van der Waals surface area contributed by atoms with Crippen molar-refractivity contribution in [1.82, 2.24) is 0 Å². The van der Waals surface area contributed by atoms with Crippen LogP contribution in [0.15, 0.2) is 48.5 Å². The fourth-order valence-corrected chi connectivity index (χ4v) is 2.12. The number of hydrogen-bond donors (Lipinski definition) is 2. The molecule has 0 saturated heterocycles. The zero-order valence-corrected chi connectivity index (χ0v) is 11.9. The zero-order valence-electron chi connectivity index (χ0n) is 11.9. The maximum absolute atomic E-state index is 12.3. The van der Waals surface area contributed by atoms with E-state index in [4.69, 9.17) is 5.73 Å². The van der Waals surface area contributed by atoms with E-state index < -0.39 is 0 Å².